The third kappa shape index (κ3) is 3.94. The summed E-state index contributed by atoms with van der Waals surface area (Å²) in [6.07, 6.45) is 2.88. The first-order valence-electron chi connectivity index (χ1n) is 6.85. The van der Waals surface area contributed by atoms with Gasteiger partial charge in [-0.05, 0) is 37.5 Å². The molecule has 1 aliphatic rings. The van der Waals surface area contributed by atoms with Crippen LogP contribution in [0.4, 0.5) is 4.39 Å². The molecule has 1 fully saturated rings. The SMILES string of the molecule is COC(=O)[C@H]1CCC[C@H](NC(=O)c2ccc(Cl)cc2F)C1. The molecule has 0 saturated heterocycles. The quantitative estimate of drug-likeness (QED) is 0.873. The van der Waals surface area contributed by atoms with Crippen molar-refractivity contribution >= 4 is 23.5 Å². The highest BCUT2D eigenvalue weighted by Crippen LogP contribution is 2.25. The lowest BCUT2D eigenvalue weighted by atomic mass is 9.85. The molecular weight excluding hydrogens is 297 g/mol. The fraction of sp³-hybridized carbons (Fsp3) is 0.467. The number of esters is 1. The molecule has 6 heteroatoms. The van der Waals surface area contributed by atoms with E-state index in [-0.39, 0.29) is 28.5 Å². The third-order valence-electron chi connectivity index (χ3n) is 3.72. The van der Waals surface area contributed by atoms with Gasteiger partial charge in [0.2, 0.25) is 0 Å². The van der Waals surface area contributed by atoms with E-state index in [0.29, 0.717) is 6.42 Å². The minimum Gasteiger partial charge on any atom is -0.469 e. The molecule has 1 saturated carbocycles. The highest BCUT2D eigenvalue weighted by molar-refractivity contribution is 6.30. The predicted molar refractivity (Wildman–Crippen MR) is 76.6 cm³/mol. The summed E-state index contributed by atoms with van der Waals surface area (Å²) in [5.74, 6) is -1.60. The zero-order valence-corrected chi connectivity index (χ0v) is 12.5. The Labute approximate surface area is 127 Å². The first-order chi connectivity index (χ1) is 10.0. The van der Waals surface area contributed by atoms with Gasteiger partial charge in [0.15, 0.2) is 0 Å². The van der Waals surface area contributed by atoms with Gasteiger partial charge < -0.3 is 10.1 Å². The minimum atomic E-state index is -0.652. The van der Waals surface area contributed by atoms with E-state index >= 15 is 0 Å². The molecule has 1 aromatic carbocycles. The van der Waals surface area contributed by atoms with Gasteiger partial charge in [-0.3, -0.25) is 9.59 Å². The van der Waals surface area contributed by atoms with Crippen molar-refractivity contribution in [3.05, 3.63) is 34.6 Å². The van der Waals surface area contributed by atoms with Gasteiger partial charge in [-0.2, -0.15) is 0 Å². The number of nitrogens with one attached hydrogen (secondary N) is 1. The largest absolute Gasteiger partial charge is 0.469 e. The van der Waals surface area contributed by atoms with Crippen LogP contribution < -0.4 is 5.32 Å². The lowest BCUT2D eigenvalue weighted by Crippen LogP contribution is -2.40. The van der Waals surface area contributed by atoms with Gasteiger partial charge in [-0.25, -0.2) is 4.39 Å². The van der Waals surface area contributed by atoms with Gasteiger partial charge >= 0.3 is 5.97 Å². The molecule has 2 atom stereocenters. The van der Waals surface area contributed by atoms with Crippen molar-refractivity contribution < 1.29 is 18.7 Å². The number of carbonyl (C=O) groups is 2. The number of hydrogen-bond donors (Lipinski definition) is 1. The van der Waals surface area contributed by atoms with E-state index in [4.69, 9.17) is 16.3 Å². The Morgan fingerprint density at radius 2 is 2.14 bits per heavy atom. The molecule has 0 spiro atoms. The summed E-state index contributed by atoms with van der Waals surface area (Å²) in [5, 5.41) is 3.02. The summed E-state index contributed by atoms with van der Waals surface area (Å²) in [4.78, 5) is 23.6. The van der Waals surface area contributed by atoms with Crippen molar-refractivity contribution in [3.8, 4) is 0 Å². The Bertz CT molecular complexity index is 550. The van der Waals surface area contributed by atoms with Gasteiger partial charge in [-0.15, -0.1) is 0 Å². The first-order valence-corrected chi connectivity index (χ1v) is 7.22. The van der Waals surface area contributed by atoms with Crippen molar-refractivity contribution in [3.63, 3.8) is 0 Å². The summed E-state index contributed by atoms with van der Waals surface area (Å²) in [6, 6.07) is 3.78. The maximum absolute atomic E-state index is 13.7. The third-order valence-corrected chi connectivity index (χ3v) is 3.95. The molecule has 2 rings (SSSR count). The number of ether oxygens (including phenoxy) is 1. The van der Waals surface area contributed by atoms with Crippen molar-refractivity contribution in [1.82, 2.24) is 5.32 Å². The van der Waals surface area contributed by atoms with Gasteiger partial charge in [0.1, 0.15) is 5.82 Å². The van der Waals surface area contributed by atoms with E-state index in [1.54, 1.807) is 0 Å². The molecule has 0 aromatic heterocycles. The van der Waals surface area contributed by atoms with E-state index in [2.05, 4.69) is 5.32 Å². The van der Waals surface area contributed by atoms with E-state index in [9.17, 15) is 14.0 Å². The van der Waals surface area contributed by atoms with E-state index in [1.165, 1.54) is 19.2 Å². The van der Waals surface area contributed by atoms with Crippen LogP contribution in [0.2, 0.25) is 5.02 Å². The fourth-order valence-electron chi connectivity index (χ4n) is 2.64. The van der Waals surface area contributed by atoms with Gasteiger partial charge in [0.25, 0.3) is 5.91 Å². The molecule has 4 nitrogen and oxygen atoms in total. The molecule has 0 bridgehead atoms. The standard InChI is InChI=1S/C15H17ClFNO3/c1-21-15(20)9-3-2-4-11(7-9)18-14(19)12-6-5-10(16)8-13(12)17/h5-6,8-9,11H,2-4,7H2,1H3,(H,18,19)/t9-,11-/m0/s1. The molecule has 21 heavy (non-hydrogen) atoms. The number of benzene rings is 1. The molecule has 1 N–H and O–H groups in total. The van der Waals surface area contributed by atoms with Crippen molar-refractivity contribution in [2.45, 2.75) is 31.7 Å². The Morgan fingerprint density at radius 1 is 1.38 bits per heavy atom. The number of amides is 1. The second-order valence-electron chi connectivity index (χ2n) is 5.18. The summed E-state index contributed by atoms with van der Waals surface area (Å²) in [6.45, 7) is 0. The van der Waals surface area contributed by atoms with Crippen LogP contribution in [-0.2, 0) is 9.53 Å². The number of hydrogen-bond acceptors (Lipinski definition) is 3. The summed E-state index contributed by atoms with van der Waals surface area (Å²) >= 11 is 5.66. The maximum Gasteiger partial charge on any atom is 0.308 e. The van der Waals surface area contributed by atoms with Crippen LogP contribution >= 0.6 is 11.6 Å². The summed E-state index contributed by atoms with van der Waals surface area (Å²) < 4.78 is 18.4. The lowest BCUT2D eigenvalue weighted by molar-refractivity contribution is -0.146. The monoisotopic (exact) mass is 313 g/mol. The van der Waals surface area contributed by atoms with Crippen LogP contribution in [0.5, 0.6) is 0 Å². The normalized spacial score (nSPS) is 21.7. The number of rotatable bonds is 3. The average molecular weight is 314 g/mol. The predicted octanol–water partition coefficient (Wildman–Crippen LogP) is 2.94. The summed E-state index contributed by atoms with van der Waals surface area (Å²) in [7, 11) is 1.35. The first kappa shape index (κ1) is 15.8. The molecule has 0 unspecified atom stereocenters. The van der Waals surface area contributed by atoms with Gasteiger partial charge in [0, 0.05) is 11.1 Å². The highest BCUT2D eigenvalue weighted by Gasteiger charge is 2.29. The van der Waals surface area contributed by atoms with Crippen molar-refractivity contribution in [1.29, 1.82) is 0 Å². The highest BCUT2D eigenvalue weighted by atomic mass is 35.5. The number of methoxy groups -OCH3 is 1. The molecule has 1 amide bonds. The Morgan fingerprint density at radius 3 is 2.81 bits per heavy atom. The van der Waals surface area contributed by atoms with Gasteiger partial charge in [0.05, 0.1) is 18.6 Å². The van der Waals surface area contributed by atoms with Crippen LogP contribution in [0, 0.1) is 11.7 Å². The molecule has 0 heterocycles. The zero-order valence-electron chi connectivity index (χ0n) is 11.7. The number of halogens is 2. The Kier molecular flexibility index (Phi) is 5.17. The number of carbonyl (C=O) groups excluding carboxylic acids is 2. The van der Waals surface area contributed by atoms with Crippen LogP contribution in [0.3, 0.4) is 0 Å². The second kappa shape index (κ2) is 6.89. The maximum atomic E-state index is 13.7. The van der Waals surface area contributed by atoms with Crippen LogP contribution in [0.1, 0.15) is 36.0 Å². The van der Waals surface area contributed by atoms with Crippen LogP contribution in [0.25, 0.3) is 0 Å². The molecule has 114 valence electrons. The van der Waals surface area contributed by atoms with Crippen LogP contribution in [0.15, 0.2) is 18.2 Å². The minimum absolute atomic E-state index is 0.0420. The van der Waals surface area contributed by atoms with E-state index < -0.39 is 11.7 Å². The average Bonchev–Trinajstić information content (AvgIpc) is 2.46. The lowest BCUT2D eigenvalue weighted by Gasteiger charge is -2.28. The van der Waals surface area contributed by atoms with E-state index in [0.717, 1.165) is 25.3 Å². The fourth-order valence-corrected chi connectivity index (χ4v) is 2.80. The molecular formula is C15H17ClFNO3. The summed E-state index contributed by atoms with van der Waals surface area (Å²) in [5.41, 5.74) is -0.0420. The topological polar surface area (TPSA) is 55.4 Å². The van der Waals surface area contributed by atoms with Crippen LogP contribution in [-0.4, -0.2) is 25.0 Å². The smallest absolute Gasteiger partial charge is 0.308 e. The molecule has 1 aliphatic carbocycles. The van der Waals surface area contributed by atoms with E-state index in [1.807, 2.05) is 0 Å². The second-order valence-corrected chi connectivity index (χ2v) is 5.62. The van der Waals surface area contributed by atoms with Crippen molar-refractivity contribution in [2.75, 3.05) is 7.11 Å². The molecule has 1 aromatic rings. The van der Waals surface area contributed by atoms with Crippen molar-refractivity contribution in [2.24, 2.45) is 5.92 Å². The Hall–Kier alpha value is -1.62. The molecule has 0 aliphatic heterocycles. The molecule has 0 radical (unpaired) electrons. The zero-order chi connectivity index (χ0) is 15.4. The Balaban J connectivity index is 2.00. The van der Waals surface area contributed by atoms with Gasteiger partial charge in [-0.1, -0.05) is 18.0 Å².